The third kappa shape index (κ3) is 1.80. The van der Waals surface area contributed by atoms with Crippen LogP contribution in [0, 0.1) is 0 Å². The van der Waals surface area contributed by atoms with Crippen LogP contribution in [0.4, 0.5) is 13.2 Å². The number of aromatic nitrogens is 3. The number of hydrogen-bond acceptors (Lipinski definition) is 3. The molecule has 86 valence electrons. The molecule has 2 aromatic rings. The maximum atomic E-state index is 12.7. The van der Waals surface area contributed by atoms with Crippen LogP contribution in [0.5, 0.6) is 0 Å². The van der Waals surface area contributed by atoms with Gasteiger partial charge in [0, 0.05) is 12.4 Å². The number of rotatable bonds is 1. The first-order valence-corrected chi connectivity index (χ1v) is 6.10. The van der Waals surface area contributed by atoms with Gasteiger partial charge in [-0.2, -0.15) is 13.2 Å². The summed E-state index contributed by atoms with van der Waals surface area (Å²) in [6, 6.07) is 0. The molecule has 0 aromatic carbocycles. The molecule has 0 amide bonds. The molecule has 0 saturated carbocycles. The topological polar surface area (TPSA) is 30.2 Å². The average molecular weight is 312 g/mol. The summed E-state index contributed by atoms with van der Waals surface area (Å²) in [6.45, 7) is 0. The second-order valence-electron chi connectivity index (χ2n) is 2.88. The van der Waals surface area contributed by atoms with Crippen molar-refractivity contribution in [2.75, 3.05) is 6.26 Å². The third-order valence-electron chi connectivity index (χ3n) is 1.91. The Kier molecular flexibility index (Phi) is 2.87. The second-order valence-corrected chi connectivity index (χ2v) is 4.45. The molecule has 0 spiro atoms. The van der Waals surface area contributed by atoms with Crippen molar-refractivity contribution < 1.29 is 13.2 Å². The molecule has 0 fully saturated rings. The van der Waals surface area contributed by atoms with Crippen LogP contribution < -0.4 is 0 Å². The lowest BCUT2D eigenvalue weighted by molar-refractivity contribution is -0.142. The molecule has 2 heterocycles. The van der Waals surface area contributed by atoms with Crippen LogP contribution in [0.25, 0.3) is 5.65 Å². The molecule has 0 radical (unpaired) electrons. The highest BCUT2D eigenvalue weighted by molar-refractivity contribution is 9.10. The van der Waals surface area contributed by atoms with Gasteiger partial charge in [0.2, 0.25) is 0 Å². The number of fused-ring (bicyclic) bond motifs is 1. The Hall–Kier alpha value is -0.760. The number of imidazole rings is 1. The Morgan fingerprint density at radius 3 is 2.69 bits per heavy atom. The molecular formula is C8H5BrF3N3S. The van der Waals surface area contributed by atoms with Crippen LogP contribution in [0.3, 0.4) is 0 Å². The zero-order chi connectivity index (χ0) is 11.9. The molecule has 8 heteroatoms. The number of thioether (sulfide) groups is 1. The Bertz CT molecular complexity index is 537. The Morgan fingerprint density at radius 2 is 2.12 bits per heavy atom. The van der Waals surface area contributed by atoms with Gasteiger partial charge in [0.1, 0.15) is 0 Å². The van der Waals surface area contributed by atoms with Crippen molar-refractivity contribution in [1.82, 2.24) is 14.4 Å². The van der Waals surface area contributed by atoms with Crippen LogP contribution in [-0.4, -0.2) is 20.6 Å². The molecule has 0 bridgehead atoms. The quantitative estimate of drug-likeness (QED) is 0.598. The summed E-state index contributed by atoms with van der Waals surface area (Å²) >= 11 is 4.02. The standard InChI is InChI=1S/C8H5BrF3N3S/c1-16-7-14-5(8(10,11)12)4(9)6-13-2-3-15(6)7/h2-3H,1H3. The van der Waals surface area contributed by atoms with Gasteiger partial charge in [0.05, 0.1) is 4.47 Å². The van der Waals surface area contributed by atoms with Crippen LogP contribution in [0.1, 0.15) is 5.69 Å². The summed E-state index contributed by atoms with van der Waals surface area (Å²) in [4.78, 5) is 7.44. The minimum absolute atomic E-state index is 0.136. The molecule has 2 aromatic heterocycles. The zero-order valence-corrected chi connectivity index (χ0v) is 10.3. The van der Waals surface area contributed by atoms with Crippen molar-refractivity contribution in [2.24, 2.45) is 0 Å². The normalized spacial score (nSPS) is 12.3. The Morgan fingerprint density at radius 1 is 1.44 bits per heavy atom. The van der Waals surface area contributed by atoms with Gasteiger partial charge in [-0.05, 0) is 22.2 Å². The van der Waals surface area contributed by atoms with Gasteiger partial charge in [-0.1, -0.05) is 11.8 Å². The van der Waals surface area contributed by atoms with Crippen molar-refractivity contribution >= 4 is 33.3 Å². The fourth-order valence-electron chi connectivity index (χ4n) is 1.26. The SMILES string of the molecule is CSc1nc(C(F)(F)F)c(Br)c2nccn12. The number of alkyl halides is 3. The fraction of sp³-hybridized carbons (Fsp3) is 0.250. The second kappa shape index (κ2) is 3.92. The molecule has 3 nitrogen and oxygen atoms in total. The van der Waals surface area contributed by atoms with Crippen LogP contribution in [0.2, 0.25) is 0 Å². The lowest BCUT2D eigenvalue weighted by Gasteiger charge is -2.11. The van der Waals surface area contributed by atoms with E-state index in [4.69, 9.17) is 0 Å². The van der Waals surface area contributed by atoms with E-state index < -0.39 is 11.9 Å². The van der Waals surface area contributed by atoms with Crippen LogP contribution in [-0.2, 0) is 6.18 Å². The van der Waals surface area contributed by atoms with Crippen molar-refractivity contribution in [2.45, 2.75) is 11.3 Å². The van der Waals surface area contributed by atoms with E-state index in [0.29, 0.717) is 0 Å². The van der Waals surface area contributed by atoms with E-state index in [9.17, 15) is 13.2 Å². The molecule has 0 aliphatic heterocycles. The summed E-state index contributed by atoms with van der Waals surface area (Å²) in [7, 11) is 0. The summed E-state index contributed by atoms with van der Waals surface area (Å²) in [5, 5.41) is 0.253. The third-order valence-corrected chi connectivity index (χ3v) is 3.29. The van der Waals surface area contributed by atoms with Crippen molar-refractivity contribution in [3.8, 4) is 0 Å². The minimum Gasteiger partial charge on any atom is -0.278 e. The summed E-state index contributed by atoms with van der Waals surface area (Å²) in [5.41, 5.74) is -0.734. The largest absolute Gasteiger partial charge is 0.434 e. The maximum absolute atomic E-state index is 12.7. The minimum atomic E-state index is -4.49. The molecule has 0 aliphatic rings. The molecule has 0 N–H and O–H groups in total. The predicted molar refractivity (Wildman–Crippen MR) is 57.5 cm³/mol. The Balaban J connectivity index is 2.81. The van der Waals surface area contributed by atoms with E-state index in [1.807, 2.05) is 0 Å². The van der Waals surface area contributed by atoms with Crippen LogP contribution in [0.15, 0.2) is 22.0 Å². The lowest BCUT2D eigenvalue weighted by Crippen LogP contribution is -2.12. The lowest BCUT2D eigenvalue weighted by atomic mass is 10.4. The summed E-state index contributed by atoms with van der Waals surface area (Å²) < 4.78 is 39.3. The number of nitrogens with zero attached hydrogens (tertiary/aromatic N) is 3. The van der Waals surface area contributed by atoms with Gasteiger partial charge in [-0.25, -0.2) is 9.97 Å². The van der Waals surface area contributed by atoms with Gasteiger partial charge in [0.25, 0.3) is 0 Å². The molecule has 0 saturated heterocycles. The first-order valence-electron chi connectivity index (χ1n) is 4.09. The fourth-order valence-corrected chi connectivity index (χ4v) is 2.39. The first kappa shape index (κ1) is 11.7. The van der Waals surface area contributed by atoms with E-state index in [-0.39, 0.29) is 15.3 Å². The maximum Gasteiger partial charge on any atom is 0.434 e. The van der Waals surface area contributed by atoms with Gasteiger partial charge in [0.15, 0.2) is 16.5 Å². The molecule has 2 rings (SSSR count). The highest BCUT2D eigenvalue weighted by atomic mass is 79.9. The molecule has 16 heavy (non-hydrogen) atoms. The number of hydrogen-bond donors (Lipinski definition) is 0. The van der Waals surface area contributed by atoms with E-state index in [1.54, 1.807) is 12.5 Å². The average Bonchev–Trinajstić information content (AvgIpc) is 2.65. The Labute approximate surface area is 101 Å². The summed E-state index contributed by atoms with van der Waals surface area (Å²) in [5.74, 6) is 0. The van der Waals surface area contributed by atoms with Gasteiger partial charge in [-0.15, -0.1) is 0 Å². The van der Waals surface area contributed by atoms with Crippen molar-refractivity contribution in [3.63, 3.8) is 0 Å². The zero-order valence-electron chi connectivity index (χ0n) is 7.92. The van der Waals surface area contributed by atoms with Crippen LogP contribution >= 0.6 is 27.7 Å². The smallest absolute Gasteiger partial charge is 0.278 e. The van der Waals surface area contributed by atoms with E-state index >= 15 is 0 Å². The summed E-state index contributed by atoms with van der Waals surface area (Å²) in [6.07, 6.45) is 0.174. The van der Waals surface area contributed by atoms with E-state index in [0.717, 1.165) is 11.8 Å². The first-order chi connectivity index (χ1) is 7.45. The van der Waals surface area contributed by atoms with Gasteiger partial charge >= 0.3 is 6.18 Å². The molecular weight excluding hydrogens is 307 g/mol. The van der Waals surface area contributed by atoms with Gasteiger partial charge < -0.3 is 0 Å². The van der Waals surface area contributed by atoms with Crippen molar-refractivity contribution in [3.05, 3.63) is 22.6 Å². The molecule has 0 aliphatic carbocycles. The van der Waals surface area contributed by atoms with E-state index in [2.05, 4.69) is 25.9 Å². The highest BCUT2D eigenvalue weighted by Crippen LogP contribution is 2.36. The van der Waals surface area contributed by atoms with Crippen molar-refractivity contribution in [1.29, 1.82) is 0 Å². The number of halogens is 4. The molecule has 0 unspecified atom stereocenters. The monoisotopic (exact) mass is 311 g/mol. The predicted octanol–water partition coefficient (Wildman–Crippen LogP) is 3.23. The van der Waals surface area contributed by atoms with E-state index in [1.165, 1.54) is 10.6 Å². The highest BCUT2D eigenvalue weighted by Gasteiger charge is 2.37. The van der Waals surface area contributed by atoms with Gasteiger partial charge in [-0.3, -0.25) is 4.40 Å². The molecule has 0 atom stereocenters.